The van der Waals surface area contributed by atoms with Gasteiger partial charge in [-0.15, -0.1) is 0 Å². The van der Waals surface area contributed by atoms with Crippen LogP contribution in [0.5, 0.6) is 0 Å². The molecule has 1 aromatic rings. The third-order valence-corrected chi connectivity index (χ3v) is 3.97. The van der Waals surface area contributed by atoms with Crippen molar-refractivity contribution in [1.82, 2.24) is 4.98 Å². The smallest absolute Gasteiger partial charge is 0.361 e. The lowest BCUT2D eigenvalue weighted by Crippen LogP contribution is -2.12. The van der Waals surface area contributed by atoms with Gasteiger partial charge in [0, 0.05) is 17.0 Å². The fraction of sp³-hybridized carbons (Fsp3) is 0.700. The minimum atomic E-state index is -4.29. The molecule has 17 heavy (non-hydrogen) atoms. The van der Waals surface area contributed by atoms with Crippen molar-refractivity contribution in [3.05, 3.63) is 11.1 Å². The van der Waals surface area contributed by atoms with Crippen LogP contribution in [0, 0.1) is 0 Å². The molecule has 0 spiro atoms. The Balaban J connectivity index is 2.36. The first-order valence-corrected chi connectivity index (χ1v) is 6.89. The van der Waals surface area contributed by atoms with E-state index in [0.717, 1.165) is 11.9 Å². The predicted molar refractivity (Wildman–Crippen MR) is 67.8 cm³/mol. The molecule has 0 aliphatic rings. The lowest BCUT2D eigenvalue weighted by atomic mass is 10.3. The van der Waals surface area contributed by atoms with E-state index in [-0.39, 0.29) is 4.75 Å². The maximum atomic E-state index is 12.3. The normalized spacial score (nSPS) is 12.8. The Labute approximate surface area is 107 Å². The first-order chi connectivity index (χ1) is 7.68. The summed E-state index contributed by atoms with van der Waals surface area (Å²) in [5.41, 5.74) is 0. The van der Waals surface area contributed by atoms with E-state index in [2.05, 4.69) is 31.1 Å². The molecule has 0 saturated heterocycles. The monoisotopic (exact) mass is 284 g/mol. The summed E-state index contributed by atoms with van der Waals surface area (Å²) in [7, 11) is 0. The molecule has 1 N–H and O–H groups in total. The van der Waals surface area contributed by atoms with Gasteiger partial charge in [-0.2, -0.15) is 24.9 Å². The number of rotatable bonds is 4. The Hall–Kier alpha value is -0.430. The highest BCUT2D eigenvalue weighted by Gasteiger charge is 2.33. The van der Waals surface area contributed by atoms with Crippen LogP contribution in [0.1, 0.15) is 25.6 Å². The molecule has 0 saturated carbocycles. The van der Waals surface area contributed by atoms with Crippen molar-refractivity contribution >= 4 is 28.2 Å². The first kappa shape index (κ1) is 14.6. The van der Waals surface area contributed by atoms with Crippen molar-refractivity contribution in [2.24, 2.45) is 0 Å². The highest BCUT2D eigenvalue weighted by Crippen LogP contribution is 2.35. The number of thioether (sulfide) groups is 1. The second-order valence-electron chi connectivity index (χ2n) is 4.42. The summed E-state index contributed by atoms with van der Waals surface area (Å²) in [5, 5.41) is 3.22. The van der Waals surface area contributed by atoms with E-state index in [9.17, 15) is 13.2 Å². The average molecular weight is 284 g/mol. The van der Waals surface area contributed by atoms with Crippen LogP contribution >= 0.6 is 23.1 Å². The molecular formula is C10H15F3N2S2. The molecule has 0 radical (unpaired) electrons. The van der Waals surface area contributed by atoms with E-state index < -0.39 is 11.1 Å². The van der Waals surface area contributed by atoms with Gasteiger partial charge in [-0.05, 0) is 0 Å². The zero-order valence-corrected chi connectivity index (χ0v) is 11.5. The van der Waals surface area contributed by atoms with E-state index in [4.69, 9.17) is 0 Å². The van der Waals surface area contributed by atoms with Crippen LogP contribution in [0.3, 0.4) is 0 Å². The third kappa shape index (κ3) is 5.63. The van der Waals surface area contributed by atoms with Crippen LogP contribution in [0.25, 0.3) is 0 Å². The Morgan fingerprint density at radius 3 is 2.47 bits per heavy atom. The summed E-state index contributed by atoms with van der Waals surface area (Å²) in [5.74, 6) is 0.838. The molecule has 0 aliphatic heterocycles. The molecular weight excluding hydrogens is 269 g/mol. The topological polar surface area (TPSA) is 24.9 Å². The molecule has 0 bridgehead atoms. The number of nitrogens with zero attached hydrogens (tertiary/aromatic N) is 1. The van der Waals surface area contributed by atoms with Crippen LogP contribution in [0.2, 0.25) is 0 Å². The molecule has 1 aromatic heterocycles. The number of anilines is 1. The predicted octanol–water partition coefficient (Wildman–Crippen LogP) is 4.11. The summed E-state index contributed by atoms with van der Waals surface area (Å²) in [6.07, 6.45) is -3.43. The van der Waals surface area contributed by atoms with E-state index in [1.54, 1.807) is 11.8 Å². The Morgan fingerprint density at radius 1 is 1.35 bits per heavy atom. The number of hydrogen-bond donors (Lipinski definition) is 1. The van der Waals surface area contributed by atoms with Crippen LogP contribution in [-0.2, 0) is 6.18 Å². The van der Waals surface area contributed by atoms with Gasteiger partial charge in [0.15, 0.2) is 5.13 Å². The molecule has 0 unspecified atom stereocenters. The summed E-state index contributed by atoms with van der Waals surface area (Å²) in [4.78, 5) is 3.03. The van der Waals surface area contributed by atoms with Gasteiger partial charge in [-0.25, -0.2) is 4.98 Å². The van der Waals surface area contributed by atoms with Gasteiger partial charge in [0.05, 0.1) is 6.20 Å². The highest BCUT2D eigenvalue weighted by atomic mass is 32.2. The number of halogens is 3. The molecule has 0 aromatic carbocycles. The van der Waals surface area contributed by atoms with Crippen LogP contribution in [-0.4, -0.2) is 22.0 Å². The van der Waals surface area contributed by atoms with Gasteiger partial charge in [0.25, 0.3) is 0 Å². The van der Waals surface area contributed by atoms with Crippen molar-refractivity contribution in [2.45, 2.75) is 31.7 Å². The lowest BCUT2D eigenvalue weighted by Gasteiger charge is -2.17. The quantitative estimate of drug-likeness (QED) is 0.842. The van der Waals surface area contributed by atoms with Gasteiger partial charge < -0.3 is 5.32 Å². The second kappa shape index (κ2) is 5.48. The van der Waals surface area contributed by atoms with Crippen molar-refractivity contribution in [3.8, 4) is 0 Å². The van der Waals surface area contributed by atoms with Gasteiger partial charge in [-0.1, -0.05) is 32.1 Å². The second-order valence-corrected chi connectivity index (χ2v) is 7.37. The molecule has 0 amide bonds. The average Bonchev–Trinajstić information content (AvgIpc) is 2.58. The fourth-order valence-electron chi connectivity index (χ4n) is 1.00. The minimum absolute atomic E-state index is 0.168. The zero-order chi connectivity index (χ0) is 13.1. The Bertz CT molecular complexity index is 355. The number of aromatic nitrogens is 1. The summed E-state index contributed by atoms with van der Waals surface area (Å²) >= 11 is 2.40. The van der Waals surface area contributed by atoms with E-state index in [1.165, 1.54) is 0 Å². The summed E-state index contributed by atoms with van der Waals surface area (Å²) in [6, 6.07) is 0. The molecule has 0 fully saturated rings. The van der Waals surface area contributed by atoms with Gasteiger partial charge in [0.1, 0.15) is 4.88 Å². The maximum absolute atomic E-state index is 12.3. The van der Waals surface area contributed by atoms with Crippen molar-refractivity contribution < 1.29 is 13.2 Å². The summed E-state index contributed by atoms with van der Waals surface area (Å²) in [6.45, 7) is 6.92. The van der Waals surface area contributed by atoms with Gasteiger partial charge in [0.2, 0.25) is 0 Å². The maximum Gasteiger partial charge on any atom is 0.427 e. The first-order valence-electron chi connectivity index (χ1n) is 5.09. The highest BCUT2D eigenvalue weighted by molar-refractivity contribution is 8.00. The SMILES string of the molecule is CC(C)(C)SCCNc1ncc(C(F)(F)F)s1. The third-order valence-electron chi connectivity index (χ3n) is 1.70. The fourth-order valence-corrected chi connectivity index (χ4v) is 2.53. The van der Waals surface area contributed by atoms with Crippen molar-refractivity contribution in [2.75, 3.05) is 17.6 Å². The molecule has 1 rings (SSSR count). The molecule has 2 nitrogen and oxygen atoms in total. The molecule has 7 heteroatoms. The van der Waals surface area contributed by atoms with E-state index in [1.807, 2.05) is 0 Å². The zero-order valence-electron chi connectivity index (χ0n) is 9.89. The molecule has 0 aliphatic carbocycles. The van der Waals surface area contributed by atoms with Crippen LogP contribution in [0.4, 0.5) is 18.3 Å². The Kier molecular flexibility index (Phi) is 4.71. The van der Waals surface area contributed by atoms with E-state index >= 15 is 0 Å². The van der Waals surface area contributed by atoms with Gasteiger partial charge in [-0.3, -0.25) is 0 Å². The number of alkyl halides is 3. The van der Waals surface area contributed by atoms with Crippen molar-refractivity contribution in [1.29, 1.82) is 0 Å². The number of hydrogen-bond acceptors (Lipinski definition) is 4. The number of nitrogens with one attached hydrogen (secondary N) is 1. The number of thiazole rings is 1. The molecule has 0 atom stereocenters. The largest absolute Gasteiger partial charge is 0.427 e. The minimum Gasteiger partial charge on any atom is -0.361 e. The molecule has 98 valence electrons. The summed E-state index contributed by atoms with van der Waals surface area (Å²) < 4.78 is 37.0. The Morgan fingerprint density at radius 2 is 2.00 bits per heavy atom. The van der Waals surface area contributed by atoms with Gasteiger partial charge >= 0.3 is 6.18 Å². The standard InChI is InChI=1S/C10H15F3N2S2/c1-9(2,3)16-5-4-14-8-15-6-7(17-8)10(11,12)13/h6H,4-5H2,1-3H3,(H,14,15). The van der Waals surface area contributed by atoms with Crippen LogP contribution in [0.15, 0.2) is 6.20 Å². The van der Waals surface area contributed by atoms with E-state index in [0.29, 0.717) is 23.0 Å². The lowest BCUT2D eigenvalue weighted by molar-refractivity contribution is -0.134. The molecule has 1 heterocycles. The van der Waals surface area contributed by atoms with Crippen LogP contribution < -0.4 is 5.32 Å². The van der Waals surface area contributed by atoms with Crippen molar-refractivity contribution in [3.63, 3.8) is 0 Å².